The SMILES string of the molecule is COC(=O)N[C@H](C(=O)N[C@@H](Cc1ccccc1)C[C@H](O)[C@H](Cc1ccc(-c2cccnc2)cc1)NC(=O)[C@H](NC(=O)OC)C(C)(C)C)C(C)(C)C. The predicted octanol–water partition coefficient (Wildman–Crippen LogP) is 4.80. The Morgan fingerprint density at radius 3 is 1.69 bits per heavy atom. The largest absolute Gasteiger partial charge is 0.453 e. The summed E-state index contributed by atoms with van der Waals surface area (Å²) in [6.45, 7) is 10.9. The lowest BCUT2D eigenvalue weighted by Gasteiger charge is -2.34. The maximum absolute atomic E-state index is 13.8. The minimum Gasteiger partial charge on any atom is -0.453 e. The number of rotatable bonds is 14. The zero-order chi connectivity index (χ0) is 37.8. The van der Waals surface area contributed by atoms with E-state index in [2.05, 4.69) is 26.3 Å². The Kier molecular flexibility index (Phi) is 14.5. The van der Waals surface area contributed by atoms with Crippen molar-refractivity contribution in [2.24, 2.45) is 10.8 Å². The van der Waals surface area contributed by atoms with Crippen LogP contribution in [0.25, 0.3) is 11.1 Å². The molecule has 0 unspecified atom stereocenters. The zero-order valence-electron chi connectivity index (χ0n) is 30.9. The molecule has 0 aliphatic rings. The van der Waals surface area contributed by atoms with Gasteiger partial charge in [0, 0.05) is 18.4 Å². The zero-order valence-corrected chi connectivity index (χ0v) is 30.9. The fourth-order valence-electron chi connectivity index (χ4n) is 5.71. The standard InChI is InChI=1S/C39H53N5O7/c1-38(2,3)32(43-36(48)50-7)34(46)41-29(21-25-13-10-9-11-14-25)23-31(45)30(42-35(47)33(39(4,5)6)44-37(49)51-8)22-26-16-18-27(19-17-26)28-15-12-20-40-24-28/h9-20,24,29-33,45H,21-23H2,1-8H3,(H,41,46)(H,42,47)(H,43,48)(H,44,49)/t29-,30-,31-,32+,33-/m0/s1. The number of methoxy groups -OCH3 is 2. The minimum atomic E-state index is -1.15. The summed E-state index contributed by atoms with van der Waals surface area (Å²) in [4.78, 5) is 56.2. The molecule has 3 rings (SSSR count). The molecule has 12 heteroatoms. The maximum atomic E-state index is 13.8. The first-order chi connectivity index (χ1) is 24.0. The van der Waals surface area contributed by atoms with Crippen LogP contribution in [-0.4, -0.2) is 78.6 Å². The van der Waals surface area contributed by atoms with E-state index in [9.17, 15) is 24.3 Å². The number of aliphatic hydroxyl groups is 1. The van der Waals surface area contributed by atoms with Crippen LogP contribution < -0.4 is 21.3 Å². The number of carbonyl (C=O) groups is 4. The molecule has 0 fully saturated rings. The van der Waals surface area contributed by atoms with E-state index >= 15 is 0 Å². The average Bonchev–Trinajstić information content (AvgIpc) is 3.08. The molecule has 1 aromatic heterocycles. The lowest BCUT2D eigenvalue weighted by Crippen LogP contribution is -2.59. The molecule has 3 aromatic rings. The number of ether oxygens (including phenoxy) is 2. The molecule has 0 aliphatic carbocycles. The van der Waals surface area contributed by atoms with Crippen LogP contribution in [0.2, 0.25) is 0 Å². The monoisotopic (exact) mass is 703 g/mol. The Bertz CT molecular complexity index is 1570. The third-order valence-electron chi connectivity index (χ3n) is 8.55. The van der Waals surface area contributed by atoms with Gasteiger partial charge in [0.05, 0.1) is 26.4 Å². The second kappa shape index (κ2) is 18.3. The number of hydrogen-bond acceptors (Lipinski definition) is 8. The van der Waals surface area contributed by atoms with Crippen LogP contribution in [0.15, 0.2) is 79.1 Å². The second-order valence-electron chi connectivity index (χ2n) is 14.8. The van der Waals surface area contributed by atoms with Gasteiger partial charge < -0.3 is 35.8 Å². The van der Waals surface area contributed by atoms with E-state index in [1.54, 1.807) is 12.4 Å². The Balaban J connectivity index is 1.96. The van der Waals surface area contributed by atoms with Gasteiger partial charge in [-0.1, -0.05) is 102 Å². The predicted molar refractivity (Wildman–Crippen MR) is 196 cm³/mol. The lowest BCUT2D eigenvalue weighted by atomic mass is 9.85. The molecule has 0 saturated carbocycles. The molecule has 2 aromatic carbocycles. The van der Waals surface area contributed by atoms with Crippen molar-refractivity contribution >= 4 is 24.0 Å². The van der Waals surface area contributed by atoms with Gasteiger partial charge in [-0.3, -0.25) is 14.6 Å². The first kappa shape index (κ1) is 40.5. The second-order valence-corrected chi connectivity index (χ2v) is 14.8. The summed E-state index contributed by atoms with van der Waals surface area (Å²) in [7, 11) is 2.45. The number of nitrogens with one attached hydrogen (secondary N) is 4. The smallest absolute Gasteiger partial charge is 0.407 e. The summed E-state index contributed by atoms with van der Waals surface area (Å²) < 4.78 is 9.56. The van der Waals surface area contributed by atoms with Crippen molar-refractivity contribution in [2.75, 3.05) is 14.2 Å². The van der Waals surface area contributed by atoms with E-state index in [0.717, 1.165) is 22.3 Å². The van der Waals surface area contributed by atoms with Crippen LogP contribution in [0.4, 0.5) is 9.59 Å². The molecule has 0 aliphatic heterocycles. The molecule has 12 nitrogen and oxygen atoms in total. The van der Waals surface area contributed by atoms with E-state index in [4.69, 9.17) is 9.47 Å². The molecule has 5 N–H and O–H groups in total. The first-order valence-corrected chi connectivity index (χ1v) is 17.0. The molecule has 51 heavy (non-hydrogen) atoms. The van der Waals surface area contributed by atoms with E-state index < -0.39 is 65.1 Å². The Hall–Kier alpha value is -4.97. The van der Waals surface area contributed by atoms with Crippen molar-refractivity contribution in [2.45, 2.75) is 91.1 Å². The summed E-state index contributed by atoms with van der Waals surface area (Å²) in [5.74, 6) is -0.940. The van der Waals surface area contributed by atoms with Crippen LogP contribution in [-0.2, 0) is 31.9 Å². The van der Waals surface area contributed by atoms with Crippen LogP contribution in [0, 0.1) is 10.8 Å². The molecule has 0 radical (unpaired) electrons. The average molecular weight is 704 g/mol. The molecular weight excluding hydrogens is 650 g/mol. The number of alkyl carbamates (subject to hydrolysis) is 2. The number of benzene rings is 2. The molecule has 276 valence electrons. The van der Waals surface area contributed by atoms with Crippen LogP contribution >= 0.6 is 0 Å². The summed E-state index contributed by atoms with van der Waals surface area (Å²) in [6, 6.07) is 17.8. The molecule has 1 heterocycles. The molecule has 4 amide bonds. The number of nitrogens with zero attached hydrogens (tertiary/aromatic N) is 1. The van der Waals surface area contributed by atoms with Gasteiger partial charge in [0.15, 0.2) is 0 Å². The van der Waals surface area contributed by atoms with Gasteiger partial charge in [-0.15, -0.1) is 0 Å². The normalized spacial score (nSPS) is 14.5. The van der Waals surface area contributed by atoms with E-state index in [1.165, 1.54) is 14.2 Å². The van der Waals surface area contributed by atoms with Gasteiger partial charge in [0.25, 0.3) is 0 Å². The number of aliphatic hydroxyl groups excluding tert-OH is 1. The molecule has 0 saturated heterocycles. The fraction of sp³-hybridized carbons (Fsp3) is 0.462. The summed E-state index contributed by atoms with van der Waals surface area (Å²) in [5.41, 5.74) is 2.32. The lowest BCUT2D eigenvalue weighted by molar-refractivity contribution is -0.128. The van der Waals surface area contributed by atoms with Gasteiger partial charge in [0.1, 0.15) is 12.1 Å². The van der Waals surface area contributed by atoms with Crippen LogP contribution in [0.3, 0.4) is 0 Å². The third kappa shape index (κ3) is 12.7. The topological polar surface area (TPSA) is 168 Å². The number of hydrogen-bond donors (Lipinski definition) is 5. The van der Waals surface area contributed by atoms with Gasteiger partial charge >= 0.3 is 12.2 Å². The summed E-state index contributed by atoms with van der Waals surface area (Å²) in [6.07, 6.45) is 1.50. The van der Waals surface area contributed by atoms with E-state index in [-0.39, 0.29) is 12.8 Å². The van der Waals surface area contributed by atoms with Gasteiger partial charge in [-0.05, 0) is 58.4 Å². The highest BCUT2D eigenvalue weighted by molar-refractivity contribution is 5.87. The van der Waals surface area contributed by atoms with Crippen molar-refractivity contribution in [3.63, 3.8) is 0 Å². The molecule has 0 bridgehead atoms. The fourth-order valence-corrected chi connectivity index (χ4v) is 5.71. The van der Waals surface area contributed by atoms with Gasteiger partial charge in [0.2, 0.25) is 11.8 Å². The molecule has 0 spiro atoms. The molecular formula is C39H53N5O7. The van der Waals surface area contributed by atoms with Crippen molar-refractivity contribution in [1.82, 2.24) is 26.3 Å². The van der Waals surface area contributed by atoms with E-state index in [1.807, 2.05) is 108 Å². The van der Waals surface area contributed by atoms with Crippen LogP contribution in [0.1, 0.15) is 59.1 Å². The van der Waals surface area contributed by atoms with Crippen molar-refractivity contribution in [1.29, 1.82) is 0 Å². The summed E-state index contributed by atoms with van der Waals surface area (Å²) in [5, 5.41) is 23.2. The molecule has 5 atom stereocenters. The Morgan fingerprint density at radius 1 is 0.667 bits per heavy atom. The van der Waals surface area contributed by atoms with E-state index in [0.29, 0.717) is 6.42 Å². The van der Waals surface area contributed by atoms with Crippen molar-refractivity contribution in [3.05, 3.63) is 90.3 Å². The third-order valence-corrected chi connectivity index (χ3v) is 8.55. The van der Waals surface area contributed by atoms with Crippen LogP contribution in [0.5, 0.6) is 0 Å². The van der Waals surface area contributed by atoms with Crippen molar-refractivity contribution in [3.8, 4) is 11.1 Å². The highest BCUT2D eigenvalue weighted by Crippen LogP contribution is 2.24. The van der Waals surface area contributed by atoms with Crippen molar-refractivity contribution < 1.29 is 33.8 Å². The first-order valence-electron chi connectivity index (χ1n) is 17.0. The Labute approximate surface area is 301 Å². The number of pyridine rings is 1. The minimum absolute atomic E-state index is 0.0546. The number of carbonyl (C=O) groups excluding carboxylic acids is 4. The quantitative estimate of drug-likeness (QED) is 0.160. The highest BCUT2D eigenvalue weighted by Gasteiger charge is 2.37. The van der Waals surface area contributed by atoms with Gasteiger partial charge in [-0.2, -0.15) is 0 Å². The maximum Gasteiger partial charge on any atom is 0.407 e. The Morgan fingerprint density at radius 2 is 1.20 bits per heavy atom. The highest BCUT2D eigenvalue weighted by atomic mass is 16.5. The number of aromatic nitrogens is 1. The van der Waals surface area contributed by atoms with Gasteiger partial charge in [-0.25, -0.2) is 9.59 Å². The number of amides is 4. The summed E-state index contributed by atoms with van der Waals surface area (Å²) >= 11 is 0.